The smallest absolute Gasteiger partial charge is 0.146 e. The average molecular weight is 137 g/mol. The molecule has 0 amide bonds. The number of nitrogen functional groups attached to an aromatic ring is 1. The van der Waals surface area contributed by atoms with E-state index in [4.69, 9.17) is 5.73 Å². The Morgan fingerprint density at radius 1 is 1.70 bits per heavy atom. The molecule has 0 saturated carbocycles. The average Bonchev–Trinajstić information content (AvgIpc) is 1.94. The van der Waals surface area contributed by atoms with E-state index in [1.54, 1.807) is 6.20 Å². The standard InChI is InChI=1S/C7H11N3/c1-2-9-6-4-3-5-10-7(6)8/h3-5,9H,2H2,1H3,(H2,8,10). The van der Waals surface area contributed by atoms with E-state index >= 15 is 0 Å². The Labute approximate surface area is 60.3 Å². The van der Waals surface area contributed by atoms with Crippen LogP contribution in [0, 0.1) is 0 Å². The molecule has 1 heterocycles. The second-order valence-electron chi connectivity index (χ2n) is 1.97. The third-order valence-corrected chi connectivity index (χ3v) is 1.21. The number of hydrogen-bond donors (Lipinski definition) is 2. The zero-order chi connectivity index (χ0) is 7.40. The lowest BCUT2D eigenvalue weighted by atomic mass is 10.4. The highest BCUT2D eigenvalue weighted by Gasteiger charge is 1.93. The van der Waals surface area contributed by atoms with Gasteiger partial charge in [-0.15, -0.1) is 0 Å². The van der Waals surface area contributed by atoms with Crippen LogP contribution >= 0.6 is 0 Å². The fourth-order valence-electron chi connectivity index (χ4n) is 0.757. The molecule has 0 atom stereocenters. The minimum absolute atomic E-state index is 0.560. The maximum atomic E-state index is 5.53. The number of nitrogens with zero attached hydrogens (tertiary/aromatic N) is 1. The lowest BCUT2D eigenvalue weighted by Crippen LogP contribution is -2.01. The summed E-state index contributed by atoms with van der Waals surface area (Å²) >= 11 is 0. The second-order valence-corrected chi connectivity index (χ2v) is 1.97. The summed E-state index contributed by atoms with van der Waals surface area (Å²) in [6.07, 6.45) is 1.68. The quantitative estimate of drug-likeness (QED) is 0.641. The Balaban J connectivity index is 2.81. The van der Waals surface area contributed by atoms with Crippen molar-refractivity contribution in [3.05, 3.63) is 18.3 Å². The van der Waals surface area contributed by atoms with Gasteiger partial charge in [0.05, 0.1) is 5.69 Å². The third-order valence-electron chi connectivity index (χ3n) is 1.21. The maximum Gasteiger partial charge on any atom is 0.146 e. The van der Waals surface area contributed by atoms with Gasteiger partial charge in [-0.25, -0.2) is 4.98 Å². The highest BCUT2D eigenvalue weighted by molar-refractivity contribution is 5.60. The van der Waals surface area contributed by atoms with E-state index in [1.807, 2.05) is 19.1 Å². The van der Waals surface area contributed by atoms with Crippen molar-refractivity contribution in [2.24, 2.45) is 0 Å². The van der Waals surface area contributed by atoms with Crippen LogP contribution in [0.15, 0.2) is 18.3 Å². The van der Waals surface area contributed by atoms with E-state index in [1.165, 1.54) is 0 Å². The number of pyridine rings is 1. The van der Waals surface area contributed by atoms with Crippen molar-refractivity contribution >= 4 is 11.5 Å². The Hall–Kier alpha value is -1.25. The Bertz CT molecular complexity index is 210. The van der Waals surface area contributed by atoms with Gasteiger partial charge in [0.15, 0.2) is 0 Å². The van der Waals surface area contributed by atoms with E-state index in [2.05, 4.69) is 10.3 Å². The minimum Gasteiger partial charge on any atom is -0.382 e. The van der Waals surface area contributed by atoms with Crippen molar-refractivity contribution in [1.29, 1.82) is 0 Å². The molecule has 3 nitrogen and oxygen atoms in total. The summed E-state index contributed by atoms with van der Waals surface area (Å²) in [4.78, 5) is 3.91. The van der Waals surface area contributed by atoms with Gasteiger partial charge in [0.1, 0.15) is 5.82 Å². The van der Waals surface area contributed by atoms with Crippen LogP contribution in [-0.2, 0) is 0 Å². The molecular formula is C7H11N3. The van der Waals surface area contributed by atoms with Gasteiger partial charge in [-0.3, -0.25) is 0 Å². The first-order valence-electron chi connectivity index (χ1n) is 3.29. The summed E-state index contributed by atoms with van der Waals surface area (Å²) < 4.78 is 0. The summed E-state index contributed by atoms with van der Waals surface area (Å²) in [6, 6.07) is 3.76. The van der Waals surface area contributed by atoms with E-state index in [0.29, 0.717) is 5.82 Å². The van der Waals surface area contributed by atoms with Crippen LogP contribution in [0.5, 0.6) is 0 Å². The Kier molecular flexibility index (Phi) is 2.10. The number of aromatic nitrogens is 1. The van der Waals surface area contributed by atoms with E-state index in [0.717, 1.165) is 12.2 Å². The van der Waals surface area contributed by atoms with Gasteiger partial charge in [-0.05, 0) is 19.1 Å². The van der Waals surface area contributed by atoms with Crippen LogP contribution < -0.4 is 11.1 Å². The summed E-state index contributed by atoms with van der Waals surface area (Å²) in [7, 11) is 0. The van der Waals surface area contributed by atoms with Crippen LogP contribution in [0.3, 0.4) is 0 Å². The number of hydrogen-bond acceptors (Lipinski definition) is 3. The molecule has 1 aromatic heterocycles. The van der Waals surface area contributed by atoms with E-state index in [-0.39, 0.29) is 0 Å². The first-order chi connectivity index (χ1) is 4.84. The summed E-state index contributed by atoms with van der Waals surface area (Å²) in [5, 5.41) is 3.09. The predicted molar refractivity (Wildman–Crippen MR) is 42.8 cm³/mol. The molecule has 10 heavy (non-hydrogen) atoms. The number of rotatable bonds is 2. The van der Waals surface area contributed by atoms with Crippen LogP contribution in [0.4, 0.5) is 11.5 Å². The molecule has 3 N–H and O–H groups in total. The molecule has 0 bridgehead atoms. The number of anilines is 2. The maximum absolute atomic E-state index is 5.53. The van der Waals surface area contributed by atoms with Crippen LogP contribution in [-0.4, -0.2) is 11.5 Å². The fourth-order valence-corrected chi connectivity index (χ4v) is 0.757. The van der Waals surface area contributed by atoms with Gasteiger partial charge >= 0.3 is 0 Å². The van der Waals surface area contributed by atoms with Gasteiger partial charge in [0.25, 0.3) is 0 Å². The third kappa shape index (κ3) is 1.37. The van der Waals surface area contributed by atoms with Crippen LogP contribution in [0.1, 0.15) is 6.92 Å². The minimum atomic E-state index is 0.560. The molecule has 1 aromatic rings. The second kappa shape index (κ2) is 3.06. The molecule has 0 fully saturated rings. The molecule has 0 aliphatic carbocycles. The first-order valence-corrected chi connectivity index (χ1v) is 3.29. The van der Waals surface area contributed by atoms with Crippen molar-refractivity contribution in [2.75, 3.05) is 17.6 Å². The zero-order valence-corrected chi connectivity index (χ0v) is 5.96. The van der Waals surface area contributed by atoms with Crippen LogP contribution in [0.2, 0.25) is 0 Å². The topological polar surface area (TPSA) is 50.9 Å². The van der Waals surface area contributed by atoms with E-state index < -0.39 is 0 Å². The summed E-state index contributed by atoms with van der Waals surface area (Å²) in [6.45, 7) is 2.89. The summed E-state index contributed by atoms with van der Waals surface area (Å²) in [5.74, 6) is 0.560. The zero-order valence-electron chi connectivity index (χ0n) is 5.96. The molecule has 1 rings (SSSR count). The molecule has 0 aliphatic heterocycles. The van der Waals surface area contributed by atoms with Gasteiger partial charge in [0, 0.05) is 12.7 Å². The van der Waals surface area contributed by atoms with Crippen molar-refractivity contribution < 1.29 is 0 Å². The van der Waals surface area contributed by atoms with Gasteiger partial charge in [0.2, 0.25) is 0 Å². The van der Waals surface area contributed by atoms with Crippen LogP contribution in [0.25, 0.3) is 0 Å². The fraction of sp³-hybridized carbons (Fsp3) is 0.286. The highest BCUT2D eigenvalue weighted by atomic mass is 14.9. The molecule has 3 heteroatoms. The van der Waals surface area contributed by atoms with Crippen molar-refractivity contribution in [1.82, 2.24) is 4.98 Å². The monoisotopic (exact) mass is 137 g/mol. The molecule has 0 spiro atoms. The largest absolute Gasteiger partial charge is 0.382 e. The lowest BCUT2D eigenvalue weighted by molar-refractivity contribution is 1.20. The van der Waals surface area contributed by atoms with E-state index in [9.17, 15) is 0 Å². The lowest BCUT2D eigenvalue weighted by Gasteiger charge is -2.03. The number of nitrogens with two attached hydrogens (primary N) is 1. The molecule has 0 aromatic carbocycles. The molecule has 0 unspecified atom stereocenters. The highest BCUT2D eigenvalue weighted by Crippen LogP contribution is 2.12. The summed E-state index contributed by atoms with van der Waals surface area (Å²) in [5.41, 5.74) is 6.44. The molecular weight excluding hydrogens is 126 g/mol. The number of nitrogens with one attached hydrogen (secondary N) is 1. The predicted octanol–water partition coefficient (Wildman–Crippen LogP) is 1.10. The molecule has 0 radical (unpaired) electrons. The van der Waals surface area contributed by atoms with Crippen molar-refractivity contribution in [2.45, 2.75) is 6.92 Å². The van der Waals surface area contributed by atoms with Gasteiger partial charge < -0.3 is 11.1 Å². The SMILES string of the molecule is CCNc1cccnc1N. The normalized spacial score (nSPS) is 9.30. The van der Waals surface area contributed by atoms with Crippen molar-refractivity contribution in [3.8, 4) is 0 Å². The van der Waals surface area contributed by atoms with Gasteiger partial charge in [-0.1, -0.05) is 0 Å². The Morgan fingerprint density at radius 3 is 3.10 bits per heavy atom. The van der Waals surface area contributed by atoms with Gasteiger partial charge in [-0.2, -0.15) is 0 Å². The first kappa shape index (κ1) is 6.86. The Morgan fingerprint density at radius 2 is 2.50 bits per heavy atom. The molecule has 0 aliphatic rings. The molecule has 0 saturated heterocycles. The van der Waals surface area contributed by atoms with Crippen molar-refractivity contribution in [3.63, 3.8) is 0 Å². The molecule has 54 valence electrons.